The van der Waals surface area contributed by atoms with Crippen molar-refractivity contribution >= 4 is 33.3 Å². The largest absolute Gasteiger partial charge is 0.295 e. The molecule has 0 aromatic heterocycles. The molecule has 5 nitrogen and oxygen atoms in total. The highest BCUT2D eigenvalue weighted by atomic mass is 35.5. The number of sulfone groups is 1. The number of carbonyl (C=O) groups is 1. The van der Waals surface area contributed by atoms with Gasteiger partial charge in [-0.2, -0.15) is 4.99 Å². The van der Waals surface area contributed by atoms with Crippen LogP contribution in [0.15, 0.2) is 57.5 Å². The van der Waals surface area contributed by atoms with Crippen LogP contribution in [0, 0.1) is 35.5 Å². The highest BCUT2D eigenvalue weighted by Gasteiger charge is 2.62. The molecule has 0 aliphatic heterocycles. The zero-order chi connectivity index (χ0) is 25.9. The van der Waals surface area contributed by atoms with E-state index in [2.05, 4.69) is 18.8 Å². The minimum atomic E-state index is -4.11. The zero-order valence-electron chi connectivity index (χ0n) is 21.2. The number of benzene rings is 1. The Morgan fingerprint density at radius 1 is 1.08 bits per heavy atom. The Labute approximate surface area is 219 Å². The van der Waals surface area contributed by atoms with Gasteiger partial charge >= 0.3 is 0 Å². The second-order valence-corrected chi connectivity index (χ2v) is 14.1. The summed E-state index contributed by atoms with van der Waals surface area (Å²) in [6.07, 6.45) is 11.4. The minimum Gasteiger partial charge on any atom is -0.295 e. The lowest BCUT2D eigenvalue weighted by molar-refractivity contribution is -0.117. The molecule has 2 saturated carbocycles. The predicted octanol–water partition coefficient (Wildman–Crippen LogP) is 6.11. The molecule has 5 rings (SSSR count). The SMILES string of the molecule is Cc1ccc(S(=O)(=O)C(CCl)(N=C=O)C2=CC[C@H]3[C@@H]4CCC5=CC(=O)CC[C@]5(C)[C@H]4CC[C@]23C)cc1. The van der Waals surface area contributed by atoms with Crippen LogP contribution < -0.4 is 0 Å². The van der Waals surface area contributed by atoms with Crippen molar-refractivity contribution in [2.45, 2.75) is 75.5 Å². The molecule has 36 heavy (non-hydrogen) atoms. The number of ketones is 1. The number of hydrogen-bond donors (Lipinski definition) is 0. The summed E-state index contributed by atoms with van der Waals surface area (Å²) in [5.41, 5.74) is 2.49. The maximum Gasteiger partial charge on any atom is 0.236 e. The number of halogens is 1. The number of fused-ring (bicyclic) bond motifs is 5. The van der Waals surface area contributed by atoms with Crippen molar-refractivity contribution in [3.63, 3.8) is 0 Å². The van der Waals surface area contributed by atoms with Crippen molar-refractivity contribution < 1.29 is 18.0 Å². The van der Waals surface area contributed by atoms with Gasteiger partial charge in [0.15, 0.2) is 5.78 Å². The molecule has 4 aliphatic rings. The lowest BCUT2D eigenvalue weighted by Crippen LogP contribution is -2.53. The summed E-state index contributed by atoms with van der Waals surface area (Å²) in [6, 6.07) is 6.63. The molecule has 2 fully saturated rings. The number of carbonyl (C=O) groups excluding carboxylic acids is 2. The lowest BCUT2D eigenvalue weighted by atomic mass is 9.46. The van der Waals surface area contributed by atoms with Gasteiger partial charge in [0.2, 0.25) is 20.8 Å². The summed E-state index contributed by atoms with van der Waals surface area (Å²) < 4.78 is 28.2. The monoisotopic (exact) mass is 527 g/mol. The normalized spacial score (nSPS) is 35.3. The Kier molecular flexibility index (Phi) is 6.26. The molecular formula is C29H34ClNO4S. The molecule has 0 heterocycles. The molecule has 0 amide bonds. The molecule has 4 aliphatic carbocycles. The maximum atomic E-state index is 14.1. The summed E-state index contributed by atoms with van der Waals surface area (Å²) in [5.74, 6) is 1.03. The van der Waals surface area contributed by atoms with Gasteiger partial charge in [-0.3, -0.25) is 4.79 Å². The molecule has 1 aromatic carbocycles. The molecule has 0 spiro atoms. The minimum absolute atomic E-state index is 0.0272. The summed E-state index contributed by atoms with van der Waals surface area (Å²) in [5, 5.41) is 0. The van der Waals surface area contributed by atoms with Crippen LogP contribution in [-0.2, 0) is 19.4 Å². The first-order valence-electron chi connectivity index (χ1n) is 12.9. The van der Waals surface area contributed by atoms with Crippen LogP contribution in [0.5, 0.6) is 0 Å². The van der Waals surface area contributed by atoms with E-state index in [-0.39, 0.29) is 27.9 Å². The van der Waals surface area contributed by atoms with E-state index in [1.807, 2.05) is 19.1 Å². The number of rotatable bonds is 5. The first-order valence-corrected chi connectivity index (χ1v) is 15.0. The van der Waals surface area contributed by atoms with Crippen molar-refractivity contribution in [3.8, 4) is 0 Å². The van der Waals surface area contributed by atoms with Crippen LogP contribution in [0.3, 0.4) is 0 Å². The molecule has 0 saturated heterocycles. The summed E-state index contributed by atoms with van der Waals surface area (Å²) in [7, 11) is -4.11. The quantitative estimate of drug-likeness (QED) is 0.200. The highest BCUT2D eigenvalue weighted by Crippen LogP contribution is 2.67. The molecule has 0 N–H and O–H groups in total. The van der Waals surface area contributed by atoms with Crippen molar-refractivity contribution in [1.29, 1.82) is 0 Å². The van der Waals surface area contributed by atoms with E-state index < -0.39 is 20.1 Å². The maximum absolute atomic E-state index is 14.1. The first kappa shape index (κ1) is 25.6. The van der Waals surface area contributed by atoms with E-state index in [1.54, 1.807) is 30.3 Å². The fourth-order valence-electron chi connectivity index (χ4n) is 8.16. The van der Waals surface area contributed by atoms with Crippen LogP contribution in [0.25, 0.3) is 0 Å². The van der Waals surface area contributed by atoms with Crippen LogP contribution in [0.1, 0.15) is 64.4 Å². The number of isocyanates is 1. The van der Waals surface area contributed by atoms with Gasteiger partial charge in [-0.25, -0.2) is 13.2 Å². The van der Waals surface area contributed by atoms with Crippen molar-refractivity contribution in [2.75, 3.05) is 5.88 Å². The third kappa shape index (κ3) is 3.48. The van der Waals surface area contributed by atoms with Crippen molar-refractivity contribution in [1.82, 2.24) is 0 Å². The lowest BCUT2D eigenvalue weighted by Gasteiger charge is -2.58. The van der Waals surface area contributed by atoms with Crippen molar-refractivity contribution in [3.05, 3.63) is 53.1 Å². The van der Waals surface area contributed by atoms with E-state index in [0.29, 0.717) is 23.8 Å². The number of alkyl halides is 1. The fraction of sp³-hybridized carbons (Fsp3) is 0.586. The second-order valence-electron chi connectivity index (χ2n) is 11.7. The average Bonchev–Trinajstić information content (AvgIpc) is 3.20. The Balaban J connectivity index is 1.56. The van der Waals surface area contributed by atoms with E-state index in [4.69, 9.17) is 11.6 Å². The molecule has 192 valence electrons. The average molecular weight is 528 g/mol. The van der Waals surface area contributed by atoms with Crippen LogP contribution >= 0.6 is 11.6 Å². The van der Waals surface area contributed by atoms with Gasteiger partial charge in [-0.1, -0.05) is 43.2 Å². The molecule has 7 heteroatoms. The van der Waals surface area contributed by atoms with E-state index >= 15 is 0 Å². The molecule has 6 atom stereocenters. The third-order valence-corrected chi connectivity index (χ3v) is 12.9. The van der Waals surface area contributed by atoms with E-state index in [9.17, 15) is 18.0 Å². The Bertz CT molecular complexity index is 1310. The molecule has 0 radical (unpaired) electrons. The third-order valence-electron chi connectivity index (χ3n) is 10.1. The van der Waals surface area contributed by atoms with Crippen molar-refractivity contribution in [2.24, 2.45) is 33.6 Å². The summed E-state index contributed by atoms with van der Waals surface area (Å²) in [6.45, 7) is 6.37. The fourth-order valence-corrected chi connectivity index (χ4v) is 10.6. The van der Waals surface area contributed by atoms with Crippen LogP contribution in [-0.4, -0.2) is 31.0 Å². The van der Waals surface area contributed by atoms with Gasteiger partial charge < -0.3 is 0 Å². The standard InChI is InChI=1S/C29H34ClNO4S/c1-19-4-7-22(8-5-19)36(34,35)29(17-30,31-18-32)26-11-10-24-23-9-6-20-16-21(33)12-14-27(20,2)25(23)13-15-28(24,26)3/h4-5,7-8,11,16,23-25H,6,9-10,12-15,17H2,1-3H3/t23-,24-,25-,27-,28-,29?/m0/s1. The number of aryl methyl sites for hydroxylation is 1. The smallest absolute Gasteiger partial charge is 0.236 e. The van der Waals surface area contributed by atoms with E-state index in [0.717, 1.165) is 44.1 Å². The van der Waals surface area contributed by atoms with Gasteiger partial charge in [0.25, 0.3) is 0 Å². The molecular weight excluding hydrogens is 494 g/mol. The first-order chi connectivity index (χ1) is 17.0. The predicted molar refractivity (Wildman–Crippen MR) is 140 cm³/mol. The Hall–Kier alpha value is -2.01. The van der Waals surface area contributed by atoms with Gasteiger partial charge in [-0.15, -0.1) is 11.6 Å². The highest BCUT2D eigenvalue weighted by molar-refractivity contribution is 7.93. The summed E-state index contributed by atoms with van der Waals surface area (Å²) >= 11 is 6.47. The Morgan fingerprint density at radius 2 is 1.81 bits per heavy atom. The number of hydrogen-bond acceptors (Lipinski definition) is 5. The zero-order valence-corrected chi connectivity index (χ0v) is 22.8. The molecule has 1 unspecified atom stereocenters. The van der Waals surface area contributed by atoms with Crippen LogP contribution in [0.4, 0.5) is 0 Å². The number of aliphatic imine (C=N–C) groups is 1. The second kappa shape index (κ2) is 8.79. The summed E-state index contributed by atoms with van der Waals surface area (Å²) in [4.78, 5) is 26.1. The molecule has 0 bridgehead atoms. The number of nitrogens with zero attached hydrogens (tertiary/aromatic N) is 1. The Morgan fingerprint density at radius 3 is 2.47 bits per heavy atom. The van der Waals surface area contributed by atoms with Gasteiger partial charge in [0.05, 0.1) is 10.8 Å². The van der Waals surface area contributed by atoms with Gasteiger partial charge in [0.1, 0.15) is 0 Å². The number of allylic oxidation sites excluding steroid dienone is 3. The molecule has 1 aromatic rings. The topological polar surface area (TPSA) is 80.6 Å². The van der Waals surface area contributed by atoms with Crippen LogP contribution in [0.2, 0.25) is 0 Å². The van der Waals surface area contributed by atoms with Gasteiger partial charge in [0, 0.05) is 6.42 Å². The van der Waals surface area contributed by atoms with Gasteiger partial charge in [-0.05, 0) is 97.8 Å². The van der Waals surface area contributed by atoms with E-state index in [1.165, 1.54) is 5.57 Å².